The first-order valence-electron chi connectivity index (χ1n) is 6.85. The molecule has 0 amide bonds. The lowest BCUT2D eigenvalue weighted by molar-refractivity contribution is -0.135. The maximum atomic E-state index is 11.3. The molecule has 7 heteroatoms. The van der Waals surface area contributed by atoms with E-state index in [4.69, 9.17) is 9.39 Å². The van der Waals surface area contributed by atoms with E-state index in [1.54, 1.807) is 6.08 Å². The summed E-state index contributed by atoms with van der Waals surface area (Å²) in [6.07, 6.45) is 7.99. The van der Waals surface area contributed by atoms with Crippen LogP contribution < -0.4 is 0 Å². The van der Waals surface area contributed by atoms with Crippen LogP contribution in [-0.2, 0) is 18.9 Å². The Hall–Kier alpha value is -1.70. The van der Waals surface area contributed by atoms with Gasteiger partial charge in [-0.1, -0.05) is 18.2 Å². The van der Waals surface area contributed by atoms with Gasteiger partial charge in [0, 0.05) is 12.6 Å². The third kappa shape index (κ3) is 3.00. The van der Waals surface area contributed by atoms with Crippen molar-refractivity contribution in [3.8, 4) is 0 Å². The monoisotopic (exact) mass is 289 g/mol. The number of rotatable bonds is 3. The first kappa shape index (κ1) is 14.3. The number of carbonyl (C=O) groups excluding carboxylic acids is 1. The molecule has 3 rings (SSSR count). The Labute approximate surface area is 122 Å². The largest absolute Gasteiger partial charge is 0.491 e. The van der Waals surface area contributed by atoms with Gasteiger partial charge >= 0.3 is 13.1 Å². The fourth-order valence-electron chi connectivity index (χ4n) is 2.56. The smallest absolute Gasteiger partial charge is 0.465 e. The van der Waals surface area contributed by atoms with E-state index in [9.17, 15) is 9.82 Å². The first-order chi connectivity index (χ1) is 10.2. The second kappa shape index (κ2) is 5.97. The van der Waals surface area contributed by atoms with Crippen LogP contribution in [0.25, 0.3) is 0 Å². The second-order valence-electron chi connectivity index (χ2n) is 5.04. The van der Waals surface area contributed by atoms with E-state index in [1.807, 2.05) is 12.2 Å². The van der Waals surface area contributed by atoms with E-state index >= 15 is 0 Å². The molecule has 0 aromatic carbocycles. The molecule has 110 valence electrons. The van der Waals surface area contributed by atoms with Crippen LogP contribution in [0.1, 0.15) is 12.8 Å². The minimum atomic E-state index is -0.810. The zero-order valence-corrected chi connectivity index (χ0v) is 11.7. The van der Waals surface area contributed by atoms with Crippen LogP contribution in [0.4, 0.5) is 0 Å². The quantitative estimate of drug-likeness (QED) is 0.607. The molecule has 0 bridgehead atoms. The third-order valence-electron chi connectivity index (χ3n) is 3.66. The Balaban J connectivity index is 1.57. The molecular formula is C14H16BNO5. The molecule has 0 aromatic heterocycles. The average molecular weight is 289 g/mol. The summed E-state index contributed by atoms with van der Waals surface area (Å²) in [5.74, 6) is -0.387. The lowest BCUT2D eigenvalue weighted by atomic mass is 9.75. The molecule has 2 aliphatic heterocycles. The Morgan fingerprint density at radius 3 is 3.05 bits per heavy atom. The number of dihydropyridines is 1. The van der Waals surface area contributed by atoms with Crippen LogP contribution in [-0.4, -0.2) is 50.4 Å². The van der Waals surface area contributed by atoms with Gasteiger partial charge in [0.05, 0.1) is 25.4 Å². The predicted molar refractivity (Wildman–Crippen MR) is 76.6 cm³/mol. The van der Waals surface area contributed by atoms with Gasteiger partial charge in [-0.2, -0.15) is 0 Å². The molecule has 1 saturated heterocycles. The third-order valence-corrected chi connectivity index (χ3v) is 3.66. The van der Waals surface area contributed by atoms with Crippen LogP contribution in [0.2, 0.25) is 0 Å². The predicted octanol–water partition coefficient (Wildman–Crippen LogP) is 0.578. The van der Waals surface area contributed by atoms with E-state index in [0.717, 1.165) is 11.0 Å². The van der Waals surface area contributed by atoms with Gasteiger partial charge in [0.25, 0.3) is 0 Å². The molecule has 0 radical (unpaired) electrons. The summed E-state index contributed by atoms with van der Waals surface area (Å²) in [5, 5.41) is 9.59. The zero-order chi connectivity index (χ0) is 14.8. The number of carbonyl (C=O) groups is 1. The van der Waals surface area contributed by atoms with Gasteiger partial charge in [0.15, 0.2) is 6.23 Å². The molecular weight excluding hydrogens is 273 g/mol. The van der Waals surface area contributed by atoms with Crippen LogP contribution in [0.5, 0.6) is 0 Å². The fourth-order valence-corrected chi connectivity index (χ4v) is 2.56. The maximum Gasteiger partial charge on any atom is 0.491 e. The van der Waals surface area contributed by atoms with E-state index in [1.165, 1.54) is 13.3 Å². The van der Waals surface area contributed by atoms with Crippen molar-refractivity contribution in [1.82, 2.24) is 0 Å². The van der Waals surface area contributed by atoms with Gasteiger partial charge in [-0.15, -0.1) is 0 Å². The number of nitrogens with zero attached hydrogens (tertiary/aromatic N) is 1. The van der Waals surface area contributed by atoms with E-state index in [2.05, 4.69) is 9.73 Å². The summed E-state index contributed by atoms with van der Waals surface area (Å²) in [4.78, 5) is 15.6. The lowest BCUT2D eigenvalue weighted by Crippen LogP contribution is -2.24. The van der Waals surface area contributed by atoms with Crippen molar-refractivity contribution in [3.05, 3.63) is 34.8 Å². The number of aliphatic imine (C=N–C) groups is 1. The van der Waals surface area contributed by atoms with Gasteiger partial charge in [-0.3, -0.25) is 4.99 Å². The lowest BCUT2D eigenvalue weighted by Gasteiger charge is -2.23. The Morgan fingerprint density at radius 1 is 1.48 bits per heavy atom. The van der Waals surface area contributed by atoms with Crippen molar-refractivity contribution in [2.75, 3.05) is 13.7 Å². The van der Waals surface area contributed by atoms with Crippen LogP contribution in [0, 0.1) is 0 Å². The normalized spacial score (nSPS) is 27.7. The van der Waals surface area contributed by atoms with Gasteiger partial charge in [0.2, 0.25) is 0 Å². The Morgan fingerprint density at radius 2 is 2.33 bits per heavy atom. The second-order valence-corrected chi connectivity index (χ2v) is 5.04. The first-order valence-corrected chi connectivity index (χ1v) is 6.85. The van der Waals surface area contributed by atoms with Gasteiger partial charge in [-0.05, 0) is 17.5 Å². The molecule has 1 fully saturated rings. The van der Waals surface area contributed by atoms with Crippen molar-refractivity contribution >= 4 is 19.3 Å². The molecule has 2 heterocycles. The molecule has 6 nitrogen and oxygen atoms in total. The van der Waals surface area contributed by atoms with Gasteiger partial charge < -0.3 is 19.2 Å². The number of esters is 1. The summed E-state index contributed by atoms with van der Waals surface area (Å²) in [6, 6.07) is 0. The van der Waals surface area contributed by atoms with Gasteiger partial charge in [-0.25, -0.2) is 4.79 Å². The minimum Gasteiger partial charge on any atom is -0.465 e. The fraction of sp³-hybridized carbons (Fsp3) is 0.429. The van der Waals surface area contributed by atoms with E-state index in [0.29, 0.717) is 25.0 Å². The summed E-state index contributed by atoms with van der Waals surface area (Å²) in [5.41, 5.74) is 2.27. The van der Waals surface area contributed by atoms with Crippen LogP contribution >= 0.6 is 0 Å². The molecule has 2 atom stereocenters. The molecule has 0 saturated carbocycles. The highest BCUT2D eigenvalue weighted by Gasteiger charge is 2.33. The number of methoxy groups -OCH3 is 1. The SMILES string of the molecule is COC(=O)C1=CCC(OC2C=C3COB(O)C3=CC2)N=C1. The maximum absolute atomic E-state index is 11.3. The molecule has 2 unspecified atom stereocenters. The Bertz CT molecular complexity index is 566. The topological polar surface area (TPSA) is 77.4 Å². The average Bonchev–Trinajstić information content (AvgIpc) is 2.88. The number of ether oxygens (including phenoxy) is 2. The van der Waals surface area contributed by atoms with Crippen LogP contribution in [0.3, 0.4) is 0 Å². The highest BCUT2D eigenvalue weighted by molar-refractivity contribution is 6.55. The van der Waals surface area contributed by atoms with E-state index < -0.39 is 7.12 Å². The molecule has 0 spiro atoms. The number of hydrogen-bond acceptors (Lipinski definition) is 6. The standard InChI is InChI=1S/C14H16BNO5/c1-19-14(17)9-2-5-13(16-7-9)21-11-3-4-12-10(6-11)8-20-15(12)18/h2,4,6-7,11,13,18H,3,5,8H2,1H3. The van der Waals surface area contributed by atoms with Crippen molar-refractivity contribution in [2.45, 2.75) is 25.2 Å². The number of fused-ring (bicyclic) bond motifs is 1. The summed E-state index contributed by atoms with van der Waals surface area (Å²) in [6.45, 7) is 0.410. The summed E-state index contributed by atoms with van der Waals surface area (Å²) >= 11 is 0. The summed E-state index contributed by atoms with van der Waals surface area (Å²) < 4.78 is 15.7. The molecule has 1 N–H and O–H groups in total. The highest BCUT2D eigenvalue weighted by Crippen LogP contribution is 2.29. The van der Waals surface area contributed by atoms with Gasteiger partial charge in [0.1, 0.15) is 0 Å². The Kier molecular flexibility index (Phi) is 4.05. The van der Waals surface area contributed by atoms with Crippen molar-refractivity contribution < 1.29 is 23.9 Å². The van der Waals surface area contributed by atoms with Crippen molar-refractivity contribution in [3.63, 3.8) is 0 Å². The highest BCUT2D eigenvalue weighted by atomic mass is 16.5. The zero-order valence-electron chi connectivity index (χ0n) is 11.7. The molecule has 21 heavy (non-hydrogen) atoms. The van der Waals surface area contributed by atoms with Crippen molar-refractivity contribution in [1.29, 1.82) is 0 Å². The molecule has 0 aromatic rings. The van der Waals surface area contributed by atoms with E-state index in [-0.39, 0.29) is 18.3 Å². The number of hydrogen-bond donors (Lipinski definition) is 1. The summed E-state index contributed by atoms with van der Waals surface area (Å²) in [7, 11) is 0.533. The van der Waals surface area contributed by atoms with Crippen molar-refractivity contribution in [2.24, 2.45) is 4.99 Å². The molecule has 1 aliphatic carbocycles. The molecule has 3 aliphatic rings. The van der Waals surface area contributed by atoms with Crippen LogP contribution in [0.15, 0.2) is 39.8 Å². The minimum absolute atomic E-state index is 0.0899.